The molecule has 5 nitrogen and oxygen atoms in total. The van der Waals surface area contributed by atoms with Crippen molar-refractivity contribution in [2.24, 2.45) is 11.8 Å². The summed E-state index contributed by atoms with van der Waals surface area (Å²) in [7, 11) is 0. The van der Waals surface area contributed by atoms with Crippen molar-refractivity contribution in [1.29, 1.82) is 0 Å². The van der Waals surface area contributed by atoms with Gasteiger partial charge in [-0.2, -0.15) is 0 Å². The number of aromatic nitrogens is 2. The van der Waals surface area contributed by atoms with Crippen molar-refractivity contribution >= 4 is 11.6 Å². The fourth-order valence-electron chi connectivity index (χ4n) is 3.24. The van der Waals surface area contributed by atoms with Crippen molar-refractivity contribution in [2.75, 3.05) is 16.9 Å². The summed E-state index contributed by atoms with van der Waals surface area (Å²) >= 11 is 0. The van der Waals surface area contributed by atoms with E-state index in [-0.39, 0.29) is 0 Å². The number of anilines is 2. The molecule has 0 atom stereocenters. The molecule has 0 saturated heterocycles. The molecule has 116 valence electrons. The smallest absolute Gasteiger partial charge is 0.145 e. The normalized spacial score (nSPS) is 19.2. The Bertz CT molecular complexity index is 478. The second-order valence-electron chi connectivity index (χ2n) is 6.87. The van der Waals surface area contributed by atoms with Gasteiger partial charge in [0.15, 0.2) is 0 Å². The van der Waals surface area contributed by atoms with Gasteiger partial charge >= 0.3 is 0 Å². The number of nitrogen functional groups attached to an aromatic ring is 1. The summed E-state index contributed by atoms with van der Waals surface area (Å²) in [5.41, 5.74) is 2.71. The third-order valence-electron chi connectivity index (χ3n) is 4.44. The molecule has 1 heterocycles. The van der Waals surface area contributed by atoms with Crippen molar-refractivity contribution in [3.8, 4) is 0 Å². The van der Waals surface area contributed by atoms with Gasteiger partial charge in [0.05, 0.1) is 0 Å². The maximum Gasteiger partial charge on any atom is 0.145 e. The number of nitrogens with zero attached hydrogens (tertiary/aromatic N) is 3. The van der Waals surface area contributed by atoms with Crippen LogP contribution in [0.2, 0.25) is 0 Å². The second-order valence-corrected chi connectivity index (χ2v) is 6.87. The number of hydrogen-bond acceptors (Lipinski definition) is 5. The Morgan fingerprint density at radius 1 is 1.24 bits per heavy atom. The first-order valence-corrected chi connectivity index (χ1v) is 8.29. The van der Waals surface area contributed by atoms with E-state index in [9.17, 15) is 0 Å². The van der Waals surface area contributed by atoms with Crippen LogP contribution in [0.5, 0.6) is 0 Å². The molecule has 3 N–H and O–H groups in total. The molecule has 1 aromatic rings. The molecule has 0 aliphatic heterocycles. The van der Waals surface area contributed by atoms with Gasteiger partial charge in [0.25, 0.3) is 0 Å². The predicted octanol–water partition coefficient (Wildman–Crippen LogP) is 3.04. The van der Waals surface area contributed by atoms with Gasteiger partial charge in [-0.05, 0) is 31.6 Å². The van der Waals surface area contributed by atoms with E-state index in [1.165, 1.54) is 38.5 Å². The molecule has 21 heavy (non-hydrogen) atoms. The summed E-state index contributed by atoms with van der Waals surface area (Å²) in [6, 6.07) is 2.63. The van der Waals surface area contributed by atoms with Crippen LogP contribution in [0.15, 0.2) is 6.07 Å². The Balaban J connectivity index is 1.90. The Hall–Kier alpha value is -1.36. The van der Waals surface area contributed by atoms with Crippen LogP contribution in [0, 0.1) is 5.92 Å². The molecule has 0 radical (unpaired) electrons. The van der Waals surface area contributed by atoms with E-state index in [2.05, 4.69) is 29.2 Å². The Morgan fingerprint density at radius 2 is 1.95 bits per heavy atom. The average Bonchev–Trinajstić information content (AvgIpc) is 3.20. The fourth-order valence-corrected chi connectivity index (χ4v) is 3.24. The van der Waals surface area contributed by atoms with Crippen LogP contribution >= 0.6 is 0 Å². The Labute approximate surface area is 127 Å². The van der Waals surface area contributed by atoms with Crippen molar-refractivity contribution in [3.05, 3.63) is 11.9 Å². The monoisotopic (exact) mass is 289 g/mol. The van der Waals surface area contributed by atoms with Gasteiger partial charge in [0, 0.05) is 24.6 Å². The molecule has 2 fully saturated rings. The maximum absolute atomic E-state index is 5.60. The maximum atomic E-state index is 5.60. The van der Waals surface area contributed by atoms with Crippen LogP contribution in [0.4, 0.5) is 11.6 Å². The van der Waals surface area contributed by atoms with E-state index in [1.54, 1.807) is 0 Å². The lowest BCUT2D eigenvalue weighted by Gasteiger charge is -2.32. The first kappa shape index (κ1) is 14.6. The highest BCUT2D eigenvalue weighted by atomic mass is 15.3. The summed E-state index contributed by atoms with van der Waals surface area (Å²) in [5.74, 6) is 9.54. The van der Waals surface area contributed by atoms with Crippen molar-refractivity contribution in [1.82, 2.24) is 9.97 Å². The summed E-state index contributed by atoms with van der Waals surface area (Å²) in [5, 5.41) is 0. The third-order valence-corrected chi connectivity index (χ3v) is 4.44. The molecule has 0 bridgehead atoms. The lowest BCUT2D eigenvalue weighted by Crippen LogP contribution is -2.37. The SMILES string of the molecule is CC(C)CN(c1cc(NN)nc(C2CC2)n1)C1CCCC1. The van der Waals surface area contributed by atoms with Crippen molar-refractivity contribution in [3.63, 3.8) is 0 Å². The van der Waals surface area contributed by atoms with E-state index < -0.39 is 0 Å². The van der Waals surface area contributed by atoms with E-state index >= 15 is 0 Å². The number of rotatable bonds is 6. The highest BCUT2D eigenvalue weighted by molar-refractivity contribution is 5.50. The quantitative estimate of drug-likeness (QED) is 0.622. The predicted molar refractivity (Wildman–Crippen MR) is 86.3 cm³/mol. The lowest BCUT2D eigenvalue weighted by molar-refractivity contribution is 0.530. The van der Waals surface area contributed by atoms with Crippen LogP contribution in [0.1, 0.15) is 64.1 Å². The topological polar surface area (TPSA) is 67.1 Å². The molecule has 2 aliphatic rings. The Kier molecular flexibility index (Phi) is 4.29. The number of nitrogens with two attached hydrogens (primary N) is 1. The largest absolute Gasteiger partial charge is 0.353 e. The second kappa shape index (κ2) is 6.18. The zero-order valence-electron chi connectivity index (χ0n) is 13.2. The molecule has 5 heteroatoms. The molecule has 0 unspecified atom stereocenters. The van der Waals surface area contributed by atoms with Gasteiger partial charge < -0.3 is 10.3 Å². The minimum atomic E-state index is 0.543. The molecular formula is C16H27N5. The summed E-state index contributed by atoms with van der Waals surface area (Å²) in [6.07, 6.45) is 7.65. The summed E-state index contributed by atoms with van der Waals surface area (Å²) in [4.78, 5) is 11.9. The van der Waals surface area contributed by atoms with E-state index in [1.807, 2.05) is 6.07 Å². The standard InChI is InChI=1S/C16H27N5/c1-11(2)10-21(13-5-3-4-6-13)15-9-14(20-17)18-16(19-15)12-7-8-12/h9,11-13H,3-8,10,17H2,1-2H3,(H,18,19,20). The number of hydrogen-bond donors (Lipinski definition) is 2. The number of nitrogens with one attached hydrogen (secondary N) is 1. The molecule has 2 saturated carbocycles. The fraction of sp³-hybridized carbons (Fsp3) is 0.750. The van der Waals surface area contributed by atoms with E-state index in [4.69, 9.17) is 10.8 Å². The molecule has 3 rings (SSSR count). The van der Waals surface area contributed by atoms with Gasteiger partial charge in [0.1, 0.15) is 17.5 Å². The molecular weight excluding hydrogens is 262 g/mol. The molecule has 0 amide bonds. The highest BCUT2D eigenvalue weighted by Crippen LogP contribution is 2.39. The van der Waals surface area contributed by atoms with Gasteiger partial charge in [-0.3, -0.25) is 0 Å². The van der Waals surface area contributed by atoms with Gasteiger partial charge in [-0.15, -0.1) is 0 Å². The third kappa shape index (κ3) is 3.46. The Morgan fingerprint density at radius 3 is 2.52 bits per heavy atom. The van der Waals surface area contributed by atoms with Crippen LogP contribution < -0.4 is 16.2 Å². The minimum absolute atomic E-state index is 0.543. The van der Waals surface area contributed by atoms with Gasteiger partial charge in [0.2, 0.25) is 0 Å². The minimum Gasteiger partial charge on any atom is -0.353 e. The number of hydrazine groups is 1. The van der Waals surface area contributed by atoms with Crippen molar-refractivity contribution < 1.29 is 0 Å². The summed E-state index contributed by atoms with van der Waals surface area (Å²) < 4.78 is 0. The van der Waals surface area contributed by atoms with Gasteiger partial charge in [-0.1, -0.05) is 26.7 Å². The zero-order chi connectivity index (χ0) is 14.8. The average molecular weight is 289 g/mol. The molecule has 0 aromatic carbocycles. The molecule has 2 aliphatic carbocycles. The van der Waals surface area contributed by atoms with E-state index in [0.29, 0.717) is 17.9 Å². The summed E-state index contributed by atoms with van der Waals surface area (Å²) in [6.45, 7) is 5.59. The van der Waals surface area contributed by atoms with Crippen molar-refractivity contribution in [2.45, 2.75) is 64.3 Å². The molecule has 1 aromatic heterocycles. The first-order chi connectivity index (χ1) is 10.2. The molecule has 0 spiro atoms. The lowest BCUT2D eigenvalue weighted by atomic mass is 10.1. The van der Waals surface area contributed by atoms with Crippen LogP contribution in [0.25, 0.3) is 0 Å². The highest BCUT2D eigenvalue weighted by Gasteiger charge is 2.30. The van der Waals surface area contributed by atoms with Crippen LogP contribution in [-0.4, -0.2) is 22.6 Å². The van der Waals surface area contributed by atoms with E-state index in [0.717, 1.165) is 24.0 Å². The van der Waals surface area contributed by atoms with Crippen LogP contribution in [-0.2, 0) is 0 Å². The van der Waals surface area contributed by atoms with Crippen LogP contribution in [0.3, 0.4) is 0 Å². The first-order valence-electron chi connectivity index (χ1n) is 8.29. The zero-order valence-corrected chi connectivity index (χ0v) is 13.2. The van der Waals surface area contributed by atoms with Gasteiger partial charge in [-0.25, -0.2) is 15.8 Å².